The monoisotopic (exact) mass is 274 g/mol. The van der Waals surface area contributed by atoms with Crippen LogP contribution >= 0.6 is 0 Å². The van der Waals surface area contributed by atoms with Crippen LogP contribution in [0.4, 0.5) is 0 Å². The smallest absolute Gasteiger partial charge is 0.0473 e. The first-order chi connectivity index (χ1) is 9.58. The number of benzene rings is 1. The Morgan fingerprint density at radius 2 is 2.00 bits per heavy atom. The SMILES string of the molecule is CCC(C)CN1CC(C)(CC)NCC1c1ccccc1. The van der Waals surface area contributed by atoms with Gasteiger partial charge in [0, 0.05) is 31.2 Å². The van der Waals surface area contributed by atoms with E-state index in [4.69, 9.17) is 0 Å². The summed E-state index contributed by atoms with van der Waals surface area (Å²) >= 11 is 0. The van der Waals surface area contributed by atoms with E-state index in [1.165, 1.54) is 24.9 Å². The molecule has 3 unspecified atom stereocenters. The molecule has 1 heterocycles. The maximum atomic E-state index is 3.77. The second-order valence-electron chi connectivity index (χ2n) is 6.66. The Morgan fingerprint density at radius 3 is 2.60 bits per heavy atom. The van der Waals surface area contributed by atoms with Gasteiger partial charge in [-0.3, -0.25) is 4.90 Å². The second kappa shape index (κ2) is 6.73. The van der Waals surface area contributed by atoms with Gasteiger partial charge in [0.25, 0.3) is 0 Å². The first kappa shape index (κ1) is 15.5. The molecular weight excluding hydrogens is 244 g/mol. The number of rotatable bonds is 5. The average molecular weight is 274 g/mol. The summed E-state index contributed by atoms with van der Waals surface area (Å²) in [6, 6.07) is 11.5. The summed E-state index contributed by atoms with van der Waals surface area (Å²) in [6.45, 7) is 12.7. The minimum atomic E-state index is 0.263. The lowest BCUT2D eigenvalue weighted by molar-refractivity contribution is 0.0707. The summed E-state index contributed by atoms with van der Waals surface area (Å²) in [5.74, 6) is 0.764. The topological polar surface area (TPSA) is 15.3 Å². The fourth-order valence-corrected chi connectivity index (χ4v) is 3.05. The molecule has 2 nitrogen and oxygen atoms in total. The fourth-order valence-electron chi connectivity index (χ4n) is 3.05. The van der Waals surface area contributed by atoms with Crippen LogP contribution in [0.5, 0.6) is 0 Å². The molecule has 1 aromatic rings. The van der Waals surface area contributed by atoms with E-state index in [0.717, 1.165) is 19.0 Å². The van der Waals surface area contributed by atoms with Crippen LogP contribution in [-0.4, -0.2) is 30.1 Å². The molecule has 0 bridgehead atoms. The molecule has 1 aliphatic heterocycles. The molecular formula is C18H30N2. The summed E-state index contributed by atoms with van der Waals surface area (Å²) in [5, 5.41) is 3.77. The molecule has 1 aromatic carbocycles. The molecule has 112 valence electrons. The Bertz CT molecular complexity index is 403. The van der Waals surface area contributed by atoms with Crippen LogP contribution in [0.25, 0.3) is 0 Å². The van der Waals surface area contributed by atoms with Crippen LogP contribution in [0.15, 0.2) is 30.3 Å². The molecule has 1 N–H and O–H groups in total. The number of hydrogen-bond donors (Lipinski definition) is 1. The molecule has 3 atom stereocenters. The molecule has 0 aromatic heterocycles. The molecule has 0 saturated carbocycles. The number of hydrogen-bond acceptors (Lipinski definition) is 2. The lowest BCUT2D eigenvalue weighted by atomic mass is 9.90. The second-order valence-corrected chi connectivity index (χ2v) is 6.66. The van der Waals surface area contributed by atoms with Gasteiger partial charge in [-0.25, -0.2) is 0 Å². The third kappa shape index (κ3) is 3.62. The first-order valence-corrected chi connectivity index (χ1v) is 8.12. The molecule has 20 heavy (non-hydrogen) atoms. The van der Waals surface area contributed by atoms with Crippen molar-refractivity contribution in [3.05, 3.63) is 35.9 Å². The Balaban J connectivity index is 2.17. The van der Waals surface area contributed by atoms with E-state index in [2.05, 4.69) is 68.2 Å². The van der Waals surface area contributed by atoms with E-state index in [1.54, 1.807) is 0 Å². The largest absolute Gasteiger partial charge is 0.308 e. The van der Waals surface area contributed by atoms with Crippen LogP contribution < -0.4 is 5.32 Å². The fraction of sp³-hybridized carbons (Fsp3) is 0.667. The highest BCUT2D eigenvalue weighted by atomic mass is 15.3. The van der Waals surface area contributed by atoms with Crippen LogP contribution in [0.1, 0.15) is 52.1 Å². The summed E-state index contributed by atoms with van der Waals surface area (Å²) < 4.78 is 0. The Labute approximate surface area is 124 Å². The lowest BCUT2D eigenvalue weighted by Gasteiger charge is -2.47. The standard InChI is InChI=1S/C18H30N2/c1-5-15(3)13-20-14-18(4,6-2)19-12-17(20)16-10-8-7-9-11-16/h7-11,15,17,19H,5-6,12-14H2,1-4H3. The minimum Gasteiger partial charge on any atom is -0.308 e. The highest BCUT2D eigenvalue weighted by Crippen LogP contribution is 2.29. The van der Waals surface area contributed by atoms with Crippen LogP contribution in [-0.2, 0) is 0 Å². The first-order valence-electron chi connectivity index (χ1n) is 8.12. The summed E-state index contributed by atoms with van der Waals surface area (Å²) in [6.07, 6.45) is 2.44. The predicted molar refractivity (Wildman–Crippen MR) is 86.9 cm³/mol. The molecule has 0 aliphatic carbocycles. The molecule has 1 fully saturated rings. The van der Waals surface area contributed by atoms with E-state index < -0.39 is 0 Å². The zero-order valence-corrected chi connectivity index (χ0v) is 13.5. The van der Waals surface area contributed by atoms with Gasteiger partial charge in [-0.1, -0.05) is 57.5 Å². The highest BCUT2D eigenvalue weighted by molar-refractivity contribution is 5.21. The van der Waals surface area contributed by atoms with E-state index >= 15 is 0 Å². The molecule has 1 aliphatic rings. The van der Waals surface area contributed by atoms with E-state index in [1.807, 2.05) is 0 Å². The molecule has 2 heteroatoms. The van der Waals surface area contributed by atoms with Crippen molar-refractivity contribution in [1.29, 1.82) is 0 Å². The van der Waals surface area contributed by atoms with Crippen molar-refractivity contribution >= 4 is 0 Å². The number of piperazine rings is 1. The van der Waals surface area contributed by atoms with Crippen LogP contribution in [0.2, 0.25) is 0 Å². The molecule has 2 rings (SSSR count). The zero-order valence-electron chi connectivity index (χ0n) is 13.5. The van der Waals surface area contributed by atoms with Crippen molar-refractivity contribution in [2.75, 3.05) is 19.6 Å². The zero-order chi connectivity index (χ0) is 14.6. The third-order valence-corrected chi connectivity index (χ3v) is 4.92. The van der Waals surface area contributed by atoms with Crippen LogP contribution in [0, 0.1) is 5.92 Å². The van der Waals surface area contributed by atoms with Gasteiger partial charge < -0.3 is 5.32 Å². The van der Waals surface area contributed by atoms with Gasteiger partial charge in [-0.05, 0) is 24.8 Å². The van der Waals surface area contributed by atoms with E-state index in [0.29, 0.717) is 6.04 Å². The quantitative estimate of drug-likeness (QED) is 0.877. The lowest BCUT2D eigenvalue weighted by Crippen LogP contribution is -2.60. The van der Waals surface area contributed by atoms with Gasteiger partial charge in [0.1, 0.15) is 0 Å². The van der Waals surface area contributed by atoms with Crippen LogP contribution in [0.3, 0.4) is 0 Å². The maximum absolute atomic E-state index is 3.77. The molecule has 0 radical (unpaired) electrons. The van der Waals surface area contributed by atoms with Crippen molar-refractivity contribution in [1.82, 2.24) is 10.2 Å². The van der Waals surface area contributed by atoms with Crippen molar-refractivity contribution in [3.63, 3.8) is 0 Å². The molecule has 0 spiro atoms. The summed E-state index contributed by atoms with van der Waals surface area (Å²) in [4.78, 5) is 2.70. The van der Waals surface area contributed by atoms with Crippen molar-refractivity contribution in [2.45, 2.75) is 52.1 Å². The van der Waals surface area contributed by atoms with Gasteiger partial charge in [0.05, 0.1) is 0 Å². The predicted octanol–water partition coefficient (Wildman–Crippen LogP) is 3.85. The summed E-state index contributed by atoms with van der Waals surface area (Å²) in [7, 11) is 0. The number of nitrogens with one attached hydrogen (secondary N) is 1. The molecule has 0 amide bonds. The van der Waals surface area contributed by atoms with Crippen molar-refractivity contribution < 1.29 is 0 Å². The highest BCUT2D eigenvalue weighted by Gasteiger charge is 2.35. The van der Waals surface area contributed by atoms with E-state index in [9.17, 15) is 0 Å². The third-order valence-electron chi connectivity index (χ3n) is 4.92. The van der Waals surface area contributed by atoms with Crippen molar-refractivity contribution in [3.8, 4) is 0 Å². The Hall–Kier alpha value is -0.860. The van der Waals surface area contributed by atoms with Gasteiger partial charge >= 0.3 is 0 Å². The minimum absolute atomic E-state index is 0.263. The van der Waals surface area contributed by atoms with Gasteiger partial charge in [-0.15, -0.1) is 0 Å². The number of nitrogens with zero attached hydrogens (tertiary/aromatic N) is 1. The Morgan fingerprint density at radius 1 is 1.30 bits per heavy atom. The summed E-state index contributed by atoms with van der Waals surface area (Å²) in [5.41, 5.74) is 1.71. The molecule has 1 saturated heterocycles. The normalized spacial score (nSPS) is 29.3. The maximum Gasteiger partial charge on any atom is 0.0473 e. The van der Waals surface area contributed by atoms with Gasteiger partial charge in [-0.2, -0.15) is 0 Å². The average Bonchev–Trinajstić information content (AvgIpc) is 2.48. The van der Waals surface area contributed by atoms with Crippen molar-refractivity contribution in [2.24, 2.45) is 5.92 Å². The Kier molecular flexibility index (Phi) is 5.22. The van der Waals surface area contributed by atoms with Gasteiger partial charge in [0.2, 0.25) is 0 Å². The van der Waals surface area contributed by atoms with Gasteiger partial charge in [0.15, 0.2) is 0 Å². The van der Waals surface area contributed by atoms with E-state index in [-0.39, 0.29) is 5.54 Å².